The second-order valence-corrected chi connectivity index (χ2v) is 13.4. The van der Waals surface area contributed by atoms with E-state index >= 15 is 4.39 Å². The van der Waals surface area contributed by atoms with E-state index in [9.17, 15) is 0 Å². The summed E-state index contributed by atoms with van der Waals surface area (Å²) in [6, 6.07) is 5.79. The van der Waals surface area contributed by atoms with E-state index in [0.29, 0.717) is 24.0 Å². The molecule has 3 fully saturated rings. The van der Waals surface area contributed by atoms with Gasteiger partial charge in [-0.2, -0.15) is 0 Å². The van der Waals surface area contributed by atoms with E-state index in [2.05, 4.69) is 17.9 Å². The van der Waals surface area contributed by atoms with Crippen LogP contribution in [0.2, 0.25) is 0 Å². The number of halogens is 2. The fourth-order valence-corrected chi connectivity index (χ4v) is 8.64. The Morgan fingerprint density at radius 1 is 1.00 bits per heavy atom. The Morgan fingerprint density at radius 2 is 1.84 bits per heavy atom. The average molecular weight is 651 g/mol. The first kappa shape index (κ1) is 25.0. The van der Waals surface area contributed by atoms with Crippen molar-refractivity contribution in [3.63, 3.8) is 0 Å². The number of morpholine rings is 1. The molecule has 12 heteroatoms. The van der Waals surface area contributed by atoms with Crippen LogP contribution >= 0.6 is 11.3 Å². The summed E-state index contributed by atoms with van der Waals surface area (Å²) in [4.78, 5) is 24.0. The summed E-state index contributed by atoms with van der Waals surface area (Å²) in [5.41, 5.74) is 2.15. The molecule has 3 saturated heterocycles. The molecule has 0 saturated carbocycles. The molecule has 6 heterocycles. The molecule has 0 amide bonds. The van der Waals surface area contributed by atoms with Gasteiger partial charge in [0, 0.05) is 0 Å². The molecular weight excluding hydrogens is 620 g/mol. The number of fused-ring (bicyclic) bond motifs is 2. The number of alkyl halides is 1. The molecule has 0 radical (unpaired) electrons. The number of nitrogens with one attached hydrogen (secondary N) is 1. The molecule has 0 bridgehead atoms. The van der Waals surface area contributed by atoms with Crippen molar-refractivity contribution in [1.82, 2.24) is 29.7 Å². The number of ether oxygens (including phenoxy) is 2. The van der Waals surface area contributed by atoms with E-state index in [4.69, 9.17) is 24.4 Å². The fraction of sp³-hybridized carbons (Fsp3) is 0.500. The van der Waals surface area contributed by atoms with Crippen LogP contribution in [0.4, 0.5) is 10.2 Å². The topological polar surface area (TPSA) is 82.6 Å². The first-order valence-electron chi connectivity index (χ1n) is 13.2. The van der Waals surface area contributed by atoms with E-state index in [1.165, 1.54) is 18.9 Å². The Labute approximate surface area is 235 Å². The number of hydrogen-bond donors (Lipinski definition) is 1. The summed E-state index contributed by atoms with van der Waals surface area (Å²) in [6.07, 6.45) is 4.18. The molecule has 38 heavy (non-hydrogen) atoms. The Bertz CT molecular complexity index is 1430. The van der Waals surface area contributed by atoms with Crippen molar-refractivity contribution < 1.29 is 35.3 Å². The van der Waals surface area contributed by atoms with Gasteiger partial charge in [-0.15, -0.1) is 0 Å². The predicted molar refractivity (Wildman–Crippen MR) is 141 cm³/mol. The molecule has 3 aromatic heterocycles. The van der Waals surface area contributed by atoms with Gasteiger partial charge in [0.2, 0.25) is 0 Å². The minimum absolute atomic E-state index is 0.313. The predicted octanol–water partition coefficient (Wildman–Crippen LogP) is 0.468. The van der Waals surface area contributed by atoms with Gasteiger partial charge in [0.25, 0.3) is 0 Å². The Balaban J connectivity index is 1.19. The number of anilines is 1. The molecule has 7 rings (SSSR count). The summed E-state index contributed by atoms with van der Waals surface area (Å²) >= 11 is 1.23. The van der Waals surface area contributed by atoms with E-state index in [1.54, 1.807) is 17.4 Å². The number of benzene rings is 1. The zero-order valence-electron chi connectivity index (χ0n) is 21.0. The third-order valence-electron chi connectivity index (χ3n) is 7.60. The SMILES string of the molecule is Fc1ccc2[nH]ccc2c1-c1nc(N2CCOC[I-]2)c2nc(CN3CCC(N4CCOCC4)CC3)sc2n1. The maximum absolute atomic E-state index is 15.2. The van der Waals surface area contributed by atoms with Crippen molar-refractivity contribution in [1.29, 1.82) is 0 Å². The number of rotatable bonds is 5. The fourth-order valence-electron chi connectivity index (χ4n) is 5.63. The molecule has 0 spiro atoms. The van der Waals surface area contributed by atoms with Crippen LogP contribution in [0, 0.1) is 5.82 Å². The van der Waals surface area contributed by atoms with E-state index in [-0.39, 0.29) is 27.3 Å². The molecule has 3 aliphatic rings. The van der Waals surface area contributed by atoms with Gasteiger partial charge in [0.1, 0.15) is 0 Å². The number of likely N-dealkylation sites (tertiary alicyclic amines) is 1. The molecule has 0 atom stereocenters. The molecule has 3 aliphatic heterocycles. The quantitative estimate of drug-likeness (QED) is 0.190. The summed E-state index contributed by atoms with van der Waals surface area (Å²) in [6.45, 7) is 8.19. The number of aromatic amines is 1. The molecule has 0 unspecified atom stereocenters. The van der Waals surface area contributed by atoms with Crippen LogP contribution in [0.3, 0.4) is 0 Å². The van der Waals surface area contributed by atoms with Crippen LogP contribution in [0.5, 0.6) is 0 Å². The number of aromatic nitrogens is 4. The summed E-state index contributed by atoms with van der Waals surface area (Å²) in [5.74, 6) is 0.931. The summed E-state index contributed by atoms with van der Waals surface area (Å²) in [5, 5.41) is 1.84. The van der Waals surface area contributed by atoms with Crippen molar-refractivity contribution in [2.45, 2.75) is 25.4 Å². The summed E-state index contributed by atoms with van der Waals surface area (Å²) in [7, 11) is 0. The second kappa shape index (κ2) is 10.9. The molecule has 4 aromatic rings. The average Bonchev–Trinajstić information content (AvgIpc) is 3.60. The third-order valence-corrected chi connectivity index (χ3v) is 11.0. The first-order chi connectivity index (χ1) is 18.7. The zero-order valence-corrected chi connectivity index (χ0v) is 24.0. The van der Waals surface area contributed by atoms with E-state index in [1.807, 2.05) is 12.3 Å². The number of hydrogen-bond acceptors (Lipinski definition) is 9. The van der Waals surface area contributed by atoms with Crippen molar-refractivity contribution in [3.05, 3.63) is 35.2 Å². The van der Waals surface area contributed by atoms with Crippen LogP contribution in [-0.2, 0) is 16.0 Å². The number of piperidine rings is 1. The molecular formula is C26H30FIN7O2S-. The number of H-pyrrole nitrogens is 1. The van der Waals surface area contributed by atoms with Crippen LogP contribution in [0.15, 0.2) is 24.4 Å². The van der Waals surface area contributed by atoms with Gasteiger partial charge in [0.05, 0.1) is 13.2 Å². The van der Waals surface area contributed by atoms with Crippen LogP contribution in [-0.4, -0.2) is 92.9 Å². The van der Waals surface area contributed by atoms with Gasteiger partial charge < -0.3 is 4.74 Å². The molecule has 1 aromatic carbocycles. The van der Waals surface area contributed by atoms with Crippen LogP contribution in [0.1, 0.15) is 17.8 Å². The van der Waals surface area contributed by atoms with Crippen LogP contribution < -0.4 is 24.6 Å². The Morgan fingerprint density at radius 3 is 2.66 bits per heavy atom. The van der Waals surface area contributed by atoms with Gasteiger partial charge >= 0.3 is 218 Å². The van der Waals surface area contributed by atoms with Crippen molar-refractivity contribution in [3.8, 4) is 11.4 Å². The van der Waals surface area contributed by atoms with Gasteiger partial charge in [0.15, 0.2) is 0 Å². The first-order valence-corrected chi connectivity index (χ1v) is 16.5. The Hall–Kier alpha value is -1.97. The van der Waals surface area contributed by atoms with Crippen molar-refractivity contribution >= 4 is 38.4 Å². The van der Waals surface area contributed by atoms with Gasteiger partial charge in [-0.05, 0) is 0 Å². The molecule has 0 aliphatic carbocycles. The van der Waals surface area contributed by atoms with Crippen LogP contribution in [0.25, 0.3) is 32.6 Å². The number of nitrogens with zero attached hydrogens (tertiary/aromatic N) is 6. The Kier molecular flexibility index (Phi) is 7.17. The summed E-state index contributed by atoms with van der Waals surface area (Å²) < 4.78 is 29.4. The monoisotopic (exact) mass is 650 g/mol. The van der Waals surface area contributed by atoms with Gasteiger partial charge in [-0.1, -0.05) is 0 Å². The minimum atomic E-state index is -0.380. The van der Waals surface area contributed by atoms with Gasteiger partial charge in [-0.25, -0.2) is 0 Å². The second-order valence-electron chi connectivity index (χ2n) is 9.87. The zero-order chi connectivity index (χ0) is 25.5. The number of thiazole rings is 1. The maximum atomic E-state index is 15.2. The van der Waals surface area contributed by atoms with Crippen molar-refractivity contribution in [2.24, 2.45) is 0 Å². The molecule has 1 N–H and O–H groups in total. The van der Waals surface area contributed by atoms with E-state index in [0.717, 1.165) is 89.2 Å². The van der Waals surface area contributed by atoms with Crippen molar-refractivity contribution in [2.75, 3.05) is 60.3 Å². The standard InChI is InChI=1S/C26H30FIN7O2S/c27-19-1-2-20-18(3-6-29-20)22(19)24-31-25(35-11-14-37-16-28-35)23-26(32-24)38-21(30-23)15-33-7-4-17(5-8-33)34-9-12-36-13-10-34/h1-3,6,17,29H,4-5,7-16H2/q-1. The molecule has 202 valence electrons. The third kappa shape index (κ3) is 4.90. The van der Waals surface area contributed by atoms with E-state index < -0.39 is 0 Å². The normalized spacial score (nSPS) is 20.8. The molecule has 9 nitrogen and oxygen atoms in total. The van der Waals surface area contributed by atoms with Gasteiger partial charge in [-0.3, -0.25) is 0 Å².